The van der Waals surface area contributed by atoms with E-state index in [1.165, 1.54) is 0 Å². The summed E-state index contributed by atoms with van der Waals surface area (Å²) in [4.78, 5) is 30.2. The maximum atomic E-state index is 12.5. The third-order valence-electron chi connectivity index (χ3n) is 4.82. The molecule has 2 aliphatic rings. The van der Waals surface area contributed by atoms with Gasteiger partial charge in [0.1, 0.15) is 5.75 Å². The number of benzene rings is 1. The molecule has 0 bridgehead atoms. The fraction of sp³-hybridized carbons (Fsp3) is 0.579. The molecule has 1 saturated carbocycles. The minimum Gasteiger partial charge on any atom is -0.495 e. The summed E-state index contributed by atoms with van der Waals surface area (Å²) < 4.78 is 5.43. The monoisotopic (exact) mass is 360 g/mol. The zero-order chi connectivity index (χ0) is 18.5. The smallest absolute Gasteiger partial charge is 0.236 e. The highest BCUT2D eigenvalue weighted by Crippen LogP contribution is 2.28. The van der Waals surface area contributed by atoms with E-state index in [2.05, 4.69) is 10.2 Å². The van der Waals surface area contributed by atoms with Gasteiger partial charge in [-0.2, -0.15) is 0 Å². The number of hydrogen-bond acceptors (Lipinski definition) is 5. The van der Waals surface area contributed by atoms with Gasteiger partial charge in [0.05, 0.1) is 25.9 Å². The Morgan fingerprint density at radius 3 is 2.50 bits per heavy atom. The molecule has 2 amide bonds. The van der Waals surface area contributed by atoms with Crippen molar-refractivity contribution in [2.24, 2.45) is 0 Å². The van der Waals surface area contributed by atoms with Crippen LogP contribution >= 0.6 is 0 Å². The highest BCUT2D eigenvalue weighted by Gasteiger charge is 2.26. The van der Waals surface area contributed by atoms with Gasteiger partial charge in [-0.1, -0.05) is 12.1 Å². The third kappa shape index (κ3) is 4.88. The first-order valence-corrected chi connectivity index (χ1v) is 9.20. The lowest BCUT2D eigenvalue weighted by Gasteiger charge is -2.37. The largest absolute Gasteiger partial charge is 0.495 e. The Morgan fingerprint density at radius 2 is 1.85 bits per heavy atom. The number of nitrogens with one attached hydrogen (secondary N) is 1. The summed E-state index contributed by atoms with van der Waals surface area (Å²) in [6.07, 6.45) is 2.15. The van der Waals surface area contributed by atoms with Crippen molar-refractivity contribution in [2.75, 3.05) is 58.3 Å². The van der Waals surface area contributed by atoms with Crippen LogP contribution in [0.25, 0.3) is 0 Å². The second-order valence-electron chi connectivity index (χ2n) is 7.05. The van der Waals surface area contributed by atoms with Crippen molar-refractivity contribution in [3.05, 3.63) is 24.3 Å². The molecule has 1 saturated heterocycles. The number of anilines is 1. The molecule has 0 aromatic heterocycles. The van der Waals surface area contributed by atoms with Crippen LogP contribution in [0.3, 0.4) is 0 Å². The first-order valence-electron chi connectivity index (χ1n) is 9.20. The summed E-state index contributed by atoms with van der Waals surface area (Å²) in [6.45, 7) is 3.45. The molecule has 7 heteroatoms. The quantitative estimate of drug-likeness (QED) is 0.770. The second-order valence-corrected chi connectivity index (χ2v) is 7.05. The molecule has 1 heterocycles. The van der Waals surface area contributed by atoms with Gasteiger partial charge in [-0.25, -0.2) is 0 Å². The SMILES string of the molecule is COc1ccccc1N1CCN(C(=O)CN(C)CC(=O)NC2CC2)CC1. The van der Waals surface area contributed by atoms with Crippen molar-refractivity contribution < 1.29 is 14.3 Å². The molecule has 0 unspecified atom stereocenters. The molecule has 1 N–H and O–H groups in total. The Kier molecular flexibility index (Phi) is 5.98. The average molecular weight is 360 g/mol. The van der Waals surface area contributed by atoms with Gasteiger partial charge >= 0.3 is 0 Å². The molecule has 7 nitrogen and oxygen atoms in total. The van der Waals surface area contributed by atoms with E-state index < -0.39 is 0 Å². The lowest BCUT2D eigenvalue weighted by molar-refractivity contribution is -0.133. The normalized spacial score (nSPS) is 17.3. The number of carbonyl (C=O) groups is 2. The fourth-order valence-corrected chi connectivity index (χ4v) is 3.22. The van der Waals surface area contributed by atoms with Crippen LogP contribution in [0, 0.1) is 0 Å². The van der Waals surface area contributed by atoms with E-state index >= 15 is 0 Å². The highest BCUT2D eigenvalue weighted by atomic mass is 16.5. The molecular weight excluding hydrogens is 332 g/mol. The molecule has 0 atom stereocenters. The van der Waals surface area contributed by atoms with Crippen LogP contribution in [-0.4, -0.2) is 81.1 Å². The van der Waals surface area contributed by atoms with Crippen LogP contribution in [0.2, 0.25) is 0 Å². The van der Waals surface area contributed by atoms with E-state index in [0.717, 1.165) is 37.4 Å². The van der Waals surface area contributed by atoms with E-state index in [4.69, 9.17) is 4.74 Å². The lowest BCUT2D eigenvalue weighted by atomic mass is 10.2. The number of nitrogens with zero attached hydrogens (tertiary/aromatic N) is 3. The number of amides is 2. The maximum absolute atomic E-state index is 12.5. The van der Waals surface area contributed by atoms with Gasteiger partial charge in [0.15, 0.2) is 0 Å². The molecule has 1 aliphatic carbocycles. The van der Waals surface area contributed by atoms with Gasteiger partial charge in [-0.15, -0.1) is 0 Å². The van der Waals surface area contributed by atoms with Gasteiger partial charge in [-0.3, -0.25) is 14.5 Å². The first-order chi connectivity index (χ1) is 12.6. The second kappa shape index (κ2) is 8.40. The predicted octanol–water partition coefficient (Wildman–Crippen LogP) is 0.554. The van der Waals surface area contributed by atoms with Crippen LogP contribution in [0.1, 0.15) is 12.8 Å². The fourth-order valence-electron chi connectivity index (χ4n) is 3.22. The lowest BCUT2D eigenvalue weighted by Crippen LogP contribution is -2.51. The van der Waals surface area contributed by atoms with Crippen molar-refractivity contribution in [2.45, 2.75) is 18.9 Å². The topological polar surface area (TPSA) is 65.1 Å². The first kappa shape index (κ1) is 18.5. The van der Waals surface area contributed by atoms with Crippen LogP contribution in [0.4, 0.5) is 5.69 Å². The Bertz CT molecular complexity index is 639. The van der Waals surface area contributed by atoms with E-state index in [-0.39, 0.29) is 24.9 Å². The summed E-state index contributed by atoms with van der Waals surface area (Å²) in [5.41, 5.74) is 1.07. The van der Waals surface area contributed by atoms with E-state index in [0.29, 0.717) is 19.1 Å². The van der Waals surface area contributed by atoms with Crippen molar-refractivity contribution >= 4 is 17.5 Å². The van der Waals surface area contributed by atoms with Crippen molar-refractivity contribution in [1.29, 1.82) is 0 Å². The standard InChI is InChI=1S/C19H28N4O3/c1-21(13-18(24)20-15-7-8-15)14-19(25)23-11-9-22(10-12-23)16-5-3-4-6-17(16)26-2/h3-6,15H,7-14H2,1-2H3,(H,20,24). The van der Waals surface area contributed by atoms with Gasteiger partial charge < -0.3 is 19.9 Å². The van der Waals surface area contributed by atoms with E-state index in [1.54, 1.807) is 12.0 Å². The van der Waals surface area contributed by atoms with Gasteiger partial charge in [0.25, 0.3) is 0 Å². The van der Waals surface area contributed by atoms with Crippen LogP contribution in [0.5, 0.6) is 5.75 Å². The number of carbonyl (C=O) groups excluding carboxylic acids is 2. The maximum Gasteiger partial charge on any atom is 0.236 e. The molecular formula is C19H28N4O3. The van der Waals surface area contributed by atoms with Crippen molar-refractivity contribution in [3.63, 3.8) is 0 Å². The Labute approximate surface area is 154 Å². The number of para-hydroxylation sites is 2. The molecule has 0 radical (unpaired) electrons. The molecule has 1 aromatic rings. The number of ether oxygens (including phenoxy) is 1. The average Bonchev–Trinajstić information content (AvgIpc) is 3.45. The molecule has 3 rings (SSSR count). The van der Waals surface area contributed by atoms with Gasteiger partial charge in [-0.05, 0) is 32.0 Å². The molecule has 2 fully saturated rings. The Hall–Kier alpha value is -2.28. The van der Waals surface area contributed by atoms with Crippen LogP contribution in [0.15, 0.2) is 24.3 Å². The molecule has 142 valence electrons. The third-order valence-corrected chi connectivity index (χ3v) is 4.82. The van der Waals surface area contributed by atoms with E-state index in [9.17, 15) is 9.59 Å². The minimum absolute atomic E-state index is 0.00351. The predicted molar refractivity (Wildman–Crippen MR) is 100 cm³/mol. The zero-order valence-corrected chi connectivity index (χ0v) is 15.6. The summed E-state index contributed by atoms with van der Waals surface area (Å²) >= 11 is 0. The van der Waals surface area contributed by atoms with E-state index in [1.807, 2.05) is 36.2 Å². The van der Waals surface area contributed by atoms with Crippen molar-refractivity contribution in [3.8, 4) is 5.75 Å². The summed E-state index contributed by atoms with van der Waals surface area (Å²) in [5, 5.41) is 2.95. The summed E-state index contributed by atoms with van der Waals surface area (Å²) in [5.74, 6) is 0.934. The molecule has 26 heavy (non-hydrogen) atoms. The molecule has 0 spiro atoms. The number of likely N-dealkylation sites (N-methyl/N-ethyl adjacent to an activating group) is 1. The van der Waals surface area contributed by atoms with Gasteiger partial charge in [0.2, 0.25) is 11.8 Å². The highest BCUT2D eigenvalue weighted by molar-refractivity contribution is 5.81. The number of piperazine rings is 1. The number of methoxy groups -OCH3 is 1. The zero-order valence-electron chi connectivity index (χ0n) is 15.6. The minimum atomic E-state index is 0.00351. The summed E-state index contributed by atoms with van der Waals surface area (Å²) in [6, 6.07) is 8.31. The van der Waals surface area contributed by atoms with Gasteiger partial charge in [0, 0.05) is 32.2 Å². The van der Waals surface area contributed by atoms with Crippen LogP contribution < -0.4 is 15.0 Å². The van der Waals surface area contributed by atoms with Crippen molar-refractivity contribution in [1.82, 2.24) is 15.1 Å². The Morgan fingerprint density at radius 1 is 1.15 bits per heavy atom. The number of rotatable bonds is 7. The summed E-state index contributed by atoms with van der Waals surface area (Å²) in [7, 11) is 3.49. The number of hydrogen-bond donors (Lipinski definition) is 1. The molecule has 1 aromatic carbocycles. The van der Waals surface area contributed by atoms with Crippen LogP contribution in [-0.2, 0) is 9.59 Å². The molecule has 1 aliphatic heterocycles. The Balaban J connectivity index is 1.45.